The molecule has 1 aliphatic carbocycles. The third-order valence-electron chi connectivity index (χ3n) is 3.65. The first-order valence-electron chi connectivity index (χ1n) is 6.94. The minimum absolute atomic E-state index is 0.195. The molecule has 114 valence electrons. The van der Waals surface area contributed by atoms with Gasteiger partial charge in [-0.2, -0.15) is 15.6 Å². The highest BCUT2D eigenvalue weighted by Crippen LogP contribution is 2.46. The molecule has 0 bridgehead atoms. The molecule has 3 aromatic rings. The van der Waals surface area contributed by atoms with Gasteiger partial charge in [0, 0.05) is 11.5 Å². The van der Waals surface area contributed by atoms with E-state index >= 15 is 0 Å². The maximum absolute atomic E-state index is 9.14. The Morgan fingerprint density at radius 3 is 2.70 bits per heavy atom. The lowest BCUT2D eigenvalue weighted by atomic mass is 10.2. The van der Waals surface area contributed by atoms with Crippen LogP contribution in [0.3, 0.4) is 0 Å². The smallest absolute Gasteiger partial charge is 0.226 e. The van der Waals surface area contributed by atoms with Crippen molar-refractivity contribution in [2.45, 2.75) is 18.8 Å². The molecule has 23 heavy (non-hydrogen) atoms. The summed E-state index contributed by atoms with van der Waals surface area (Å²) in [7, 11) is 0. The molecule has 2 heterocycles. The van der Waals surface area contributed by atoms with E-state index in [1.54, 1.807) is 18.2 Å². The van der Waals surface area contributed by atoms with Crippen molar-refractivity contribution in [2.24, 2.45) is 0 Å². The van der Waals surface area contributed by atoms with Gasteiger partial charge >= 0.3 is 0 Å². The van der Waals surface area contributed by atoms with Crippen molar-refractivity contribution < 1.29 is 4.42 Å². The lowest BCUT2D eigenvalue weighted by molar-refractivity contribution is 0.521. The largest absolute Gasteiger partial charge is 0.440 e. The van der Waals surface area contributed by atoms with E-state index in [1.807, 2.05) is 6.07 Å². The molecule has 0 amide bonds. The second kappa shape index (κ2) is 5.37. The van der Waals surface area contributed by atoms with Crippen LogP contribution in [0.25, 0.3) is 22.8 Å². The minimum Gasteiger partial charge on any atom is -0.440 e. The highest BCUT2D eigenvalue weighted by Gasteiger charge is 2.34. The van der Waals surface area contributed by atoms with Crippen molar-refractivity contribution in [1.29, 1.82) is 5.26 Å². The summed E-state index contributed by atoms with van der Waals surface area (Å²) in [5, 5.41) is 20.4. The molecule has 1 saturated carbocycles. The number of oxazole rings is 1. The molecule has 0 atom stereocenters. The van der Waals surface area contributed by atoms with Gasteiger partial charge in [0.1, 0.15) is 17.5 Å². The monoisotopic (exact) mass is 345 g/mol. The van der Waals surface area contributed by atoms with Crippen LogP contribution < -0.4 is 0 Å². The van der Waals surface area contributed by atoms with E-state index < -0.39 is 0 Å². The van der Waals surface area contributed by atoms with E-state index in [4.69, 9.17) is 32.9 Å². The Bertz CT molecular complexity index is 936. The zero-order valence-corrected chi connectivity index (χ0v) is 13.2. The van der Waals surface area contributed by atoms with Gasteiger partial charge in [0.05, 0.1) is 10.0 Å². The normalized spacial score (nSPS) is 14.0. The summed E-state index contributed by atoms with van der Waals surface area (Å²) >= 11 is 12.0. The topological polar surface area (TPSA) is 91.4 Å². The minimum atomic E-state index is 0.195. The van der Waals surface area contributed by atoms with Gasteiger partial charge in [-0.3, -0.25) is 0 Å². The first-order chi connectivity index (χ1) is 11.2. The molecule has 0 unspecified atom stereocenters. The Balaban J connectivity index is 1.86. The van der Waals surface area contributed by atoms with E-state index in [-0.39, 0.29) is 5.69 Å². The molecule has 1 aliphatic rings. The van der Waals surface area contributed by atoms with Gasteiger partial charge in [-0.05, 0) is 31.0 Å². The average molecular weight is 346 g/mol. The van der Waals surface area contributed by atoms with E-state index in [9.17, 15) is 0 Å². The summed E-state index contributed by atoms with van der Waals surface area (Å²) in [6, 6.07) is 7.18. The molecular formula is C15H9Cl2N5O. The lowest BCUT2D eigenvalue weighted by Crippen LogP contribution is -1.88. The zero-order chi connectivity index (χ0) is 16.0. The molecular weight excluding hydrogens is 337 g/mol. The van der Waals surface area contributed by atoms with Crippen LogP contribution in [-0.2, 0) is 0 Å². The van der Waals surface area contributed by atoms with Crippen LogP contribution in [0, 0.1) is 11.3 Å². The number of hydrogen-bond acceptors (Lipinski definition) is 5. The summed E-state index contributed by atoms with van der Waals surface area (Å²) in [5.41, 5.74) is 1.87. The van der Waals surface area contributed by atoms with Crippen molar-refractivity contribution in [3.63, 3.8) is 0 Å². The number of benzene rings is 1. The Labute approximate surface area is 141 Å². The predicted molar refractivity (Wildman–Crippen MR) is 84.0 cm³/mol. The molecule has 8 heteroatoms. The van der Waals surface area contributed by atoms with Crippen molar-refractivity contribution in [2.75, 3.05) is 0 Å². The number of rotatable bonds is 3. The average Bonchev–Trinajstić information content (AvgIpc) is 3.12. The van der Waals surface area contributed by atoms with Crippen LogP contribution in [0.4, 0.5) is 0 Å². The Morgan fingerprint density at radius 2 is 2.00 bits per heavy atom. The molecule has 0 aliphatic heterocycles. The standard InChI is InChI=1S/C15H9Cl2N5O/c16-9-4-3-8(5-10(9)17)15-19-13(14(23-15)7-1-2-7)12-11(6-18)20-22-21-12/h3-5,7H,1-2H2,(H,20,21,22). The van der Waals surface area contributed by atoms with Crippen molar-refractivity contribution >= 4 is 23.2 Å². The molecule has 0 radical (unpaired) electrons. The van der Waals surface area contributed by atoms with Crippen LogP contribution in [0.5, 0.6) is 0 Å². The molecule has 1 N–H and O–H groups in total. The van der Waals surface area contributed by atoms with E-state index in [0.717, 1.165) is 24.2 Å². The second-order valence-electron chi connectivity index (χ2n) is 5.27. The summed E-state index contributed by atoms with van der Waals surface area (Å²) < 4.78 is 5.94. The summed E-state index contributed by atoms with van der Waals surface area (Å²) in [6.07, 6.45) is 2.06. The first kappa shape index (κ1) is 14.2. The van der Waals surface area contributed by atoms with Gasteiger partial charge in [-0.25, -0.2) is 4.98 Å². The van der Waals surface area contributed by atoms with Gasteiger partial charge in [0.25, 0.3) is 0 Å². The molecule has 1 aromatic carbocycles. The highest BCUT2D eigenvalue weighted by molar-refractivity contribution is 6.42. The fraction of sp³-hybridized carbons (Fsp3) is 0.200. The molecule has 0 spiro atoms. The van der Waals surface area contributed by atoms with Crippen LogP contribution >= 0.6 is 23.2 Å². The van der Waals surface area contributed by atoms with E-state index in [0.29, 0.717) is 33.2 Å². The number of H-pyrrole nitrogens is 1. The highest BCUT2D eigenvalue weighted by atomic mass is 35.5. The second-order valence-corrected chi connectivity index (χ2v) is 6.08. The quantitative estimate of drug-likeness (QED) is 0.768. The van der Waals surface area contributed by atoms with Crippen LogP contribution in [-0.4, -0.2) is 20.4 Å². The number of aromatic amines is 1. The maximum atomic E-state index is 9.14. The van der Waals surface area contributed by atoms with Crippen LogP contribution in [0.15, 0.2) is 22.6 Å². The van der Waals surface area contributed by atoms with Gasteiger partial charge in [0.15, 0.2) is 11.4 Å². The number of aromatic nitrogens is 4. The van der Waals surface area contributed by atoms with Gasteiger partial charge in [-0.1, -0.05) is 23.2 Å². The van der Waals surface area contributed by atoms with Crippen LogP contribution in [0.2, 0.25) is 10.0 Å². The molecule has 6 nitrogen and oxygen atoms in total. The third-order valence-corrected chi connectivity index (χ3v) is 4.39. The van der Waals surface area contributed by atoms with Gasteiger partial charge in [-0.15, -0.1) is 5.10 Å². The van der Waals surface area contributed by atoms with Gasteiger partial charge < -0.3 is 4.42 Å². The number of nitrogens with one attached hydrogen (secondary N) is 1. The molecule has 0 saturated heterocycles. The SMILES string of the molecule is N#Cc1n[nH]nc1-c1nc(-c2ccc(Cl)c(Cl)c2)oc1C1CC1. The number of nitriles is 1. The fourth-order valence-corrected chi connectivity index (χ4v) is 2.65. The summed E-state index contributed by atoms with van der Waals surface area (Å²) in [6.45, 7) is 0. The third kappa shape index (κ3) is 2.48. The molecule has 2 aromatic heterocycles. The van der Waals surface area contributed by atoms with Crippen molar-refractivity contribution in [1.82, 2.24) is 20.4 Å². The predicted octanol–water partition coefficient (Wildman–Crippen LogP) is 4.18. The Morgan fingerprint density at radius 1 is 1.17 bits per heavy atom. The van der Waals surface area contributed by atoms with Crippen molar-refractivity contribution in [3.8, 4) is 28.9 Å². The Hall–Kier alpha value is -2.36. The molecule has 4 rings (SSSR count). The maximum Gasteiger partial charge on any atom is 0.226 e. The van der Waals surface area contributed by atoms with Gasteiger partial charge in [0.2, 0.25) is 5.89 Å². The van der Waals surface area contributed by atoms with E-state index in [1.165, 1.54) is 0 Å². The number of nitrogens with zero attached hydrogens (tertiary/aromatic N) is 4. The van der Waals surface area contributed by atoms with E-state index in [2.05, 4.69) is 20.4 Å². The lowest BCUT2D eigenvalue weighted by Gasteiger charge is -1.98. The fourth-order valence-electron chi connectivity index (χ4n) is 2.35. The Kier molecular flexibility index (Phi) is 3.33. The number of halogens is 2. The molecule has 1 fully saturated rings. The van der Waals surface area contributed by atoms with Crippen molar-refractivity contribution in [3.05, 3.63) is 39.7 Å². The summed E-state index contributed by atoms with van der Waals surface area (Å²) in [4.78, 5) is 4.52. The zero-order valence-electron chi connectivity index (χ0n) is 11.7. The first-order valence-corrected chi connectivity index (χ1v) is 7.70. The summed E-state index contributed by atoms with van der Waals surface area (Å²) in [5.74, 6) is 1.46. The number of hydrogen-bond donors (Lipinski definition) is 1. The van der Waals surface area contributed by atoms with Crippen LogP contribution in [0.1, 0.15) is 30.2 Å².